The van der Waals surface area contributed by atoms with Crippen molar-refractivity contribution in [2.45, 2.75) is 58.5 Å². The van der Waals surface area contributed by atoms with Crippen molar-refractivity contribution in [2.75, 3.05) is 26.2 Å². The Morgan fingerprint density at radius 1 is 1.31 bits per heavy atom. The molecule has 3 heterocycles. The van der Waals surface area contributed by atoms with Gasteiger partial charge in [-0.1, -0.05) is 13.8 Å². The second-order valence-electron chi connectivity index (χ2n) is 8.97. The minimum absolute atomic E-state index is 0.0154. The number of nitrogens with one attached hydrogen (secondary N) is 1. The SMILES string of the molecule is CC1CC(C)CN(C(C)(C)CNC(=O)N2CCCC2c2nncn2C)C1. The van der Waals surface area contributed by atoms with Crippen LogP contribution in [-0.2, 0) is 7.05 Å². The van der Waals surface area contributed by atoms with Crippen molar-refractivity contribution in [3.63, 3.8) is 0 Å². The van der Waals surface area contributed by atoms with Crippen LogP contribution in [0.25, 0.3) is 0 Å². The first kappa shape index (κ1) is 19.1. The Labute approximate surface area is 157 Å². The monoisotopic (exact) mass is 362 g/mol. The number of nitrogens with zero attached hydrogens (tertiary/aromatic N) is 5. The topological polar surface area (TPSA) is 66.3 Å². The quantitative estimate of drug-likeness (QED) is 0.893. The fourth-order valence-corrected chi connectivity index (χ4v) is 4.53. The van der Waals surface area contributed by atoms with Gasteiger partial charge in [0.2, 0.25) is 0 Å². The molecule has 2 aliphatic heterocycles. The Hall–Kier alpha value is -1.63. The Morgan fingerprint density at radius 3 is 2.62 bits per heavy atom. The van der Waals surface area contributed by atoms with Gasteiger partial charge in [-0.25, -0.2) is 4.79 Å². The van der Waals surface area contributed by atoms with Gasteiger partial charge in [0.25, 0.3) is 0 Å². The summed E-state index contributed by atoms with van der Waals surface area (Å²) in [5, 5.41) is 11.4. The summed E-state index contributed by atoms with van der Waals surface area (Å²) in [7, 11) is 1.94. The number of urea groups is 1. The van der Waals surface area contributed by atoms with Crippen LogP contribution in [0.3, 0.4) is 0 Å². The summed E-state index contributed by atoms with van der Waals surface area (Å²) in [5.74, 6) is 2.30. The molecular formula is C19H34N6O. The first-order valence-electron chi connectivity index (χ1n) is 9.91. The van der Waals surface area contributed by atoms with Gasteiger partial charge in [-0.15, -0.1) is 10.2 Å². The summed E-state index contributed by atoms with van der Waals surface area (Å²) in [6.45, 7) is 12.8. The van der Waals surface area contributed by atoms with E-state index in [1.807, 2.05) is 16.5 Å². The molecule has 3 unspecified atom stereocenters. The summed E-state index contributed by atoms with van der Waals surface area (Å²) in [6.07, 6.45) is 4.96. The molecule has 1 aromatic rings. The molecule has 2 fully saturated rings. The third kappa shape index (κ3) is 4.03. The number of rotatable bonds is 4. The molecule has 146 valence electrons. The van der Waals surface area contributed by atoms with Crippen LogP contribution in [0.5, 0.6) is 0 Å². The zero-order valence-corrected chi connectivity index (χ0v) is 16.9. The molecule has 0 radical (unpaired) electrons. The van der Waals surface area contributed by atoms with E-state index in [9.17, 15) is 4.79 Å². The molecule has 26 heavy (non-hydrogen) atoms. The minimum Gasteiger partial charge on any atom is -0.336 e. The zero-order valence-electron chi connectivity index (χ0n) is 16.9. The number of hydrogen-bond donors (Lipinski definition) is 1. The molecule has 2 aliphatic rings. The van der Waals surface area contributed by atoms with Crippen LogP contribution in [0.2, 0.25) is 0 Å². The molecule has 2 amide bonds. The highest BCUT2D eigenvalue weighted by Crippen LogP contribution is 2.31. The van der Waals surface area contributed by atoms with Crippen LogP contribution in [0.15, 0.2) is 6.33 Å². The van der Waals surface area contributed by atoms with E-state index in [4.69, 9.17) is 0 Å². The van der Waals surface area contributed by atoms with Crippen LogP contribution in [0.4, 0.5) is 4.79 Å². The fraction of sp³-hybridized carbons (Fsp3) is 0.842. The van der Waals surface area contributed by atoms with E-state index in [-0.39, 0.29) is 17.6 Å². The third-order valence-corrected chi connectivity index (χ3v) is 5.96. The van der Waals surface area contributed by atoms with Gasteiger partial charge in [-0.3, -0.25) is 4.90 Å². The number of aromatic nitrogens is 3. The molecule has 2 saturated heterocycles. The minimum atomic E-state index is -0.0431. The van der Waals surface area contributed by atoms with E-state index >= 15 is 0 Å². The summed E-state index contributed by atoms with van der Waals surface area (Å²) in [5.41, 5.74) is -0.0431. The van der Waals surface area contributed by atoms with Crippen LogP contribution in [-0.4, -0.2) is 62.3 Å². The van der Waals surface area contributed by atoms with Gasteiger partial charge in [-0.05, 0) is 44.9 Å². The van der Waals surface area contributed by atoms with Gasteiger partial charge in [-0.2, -0.15) is 0 Å². The first-order chi connectivity index (χ1) is 12.3. The van der Waals surface area contributed by atoms with Crippen LogP contribution < -0.4 is 5.32 Å². The summed E-state index contributed by atoms with van der Waals surface area (Å²) < 4.78 is 1.91. The van der Waals surface area contributed by atoms with Gasteiger partial charge in [0.1, 0.15) is 6.33 Å². The highest BCUT2D eigenvalue weighted by molar-refractivity contribution is 5.75. The lowest BCUT2D eigenvalue weighted by atomic mass is 9.88. The lowest BCUT2D eigenvalue weighted by molar-refractivity contribution is 0.0462. The maximum Gasteiger partial charge on any atom is 0.318 e. The molecular weight excluding hydrogens is 328 g/mol. The van der Waals surface area contributed by atoms with Crippen LogP contribution in [0, 0.1) is 11.8 Å². The van der Waals surface area contributed by atoms with E-state index in [1.54, 1.807) is 6.33 Å². The van der Waals surface area contributed by atoms with Crippen molar-refractivity contribution >= 4 is 6.03 Å². The van der Waals surface area contributed by atoms with Crippen LogP contribution in [0.1, 0.15) is 58.8 Å². The largest absolute Gasteiger partial charge is 0.336 e. The Morgan fingerprint density at radius 2 is 2.00 bits per heavy atom. The molecule has 0 aromatic carbocycles. The van der Waals surface area contributed by atoms with Gasteiger partial charge in [0.05, 0.1) is 6.04 Å². The van der Waals surface area contributed by atoms with Crippen molar-refractivity contribution < 1.29 is 4.79 Å². The number of amides is 2. The molecule has 0 bridgehead atoms. The lowest BCUT2D eigenvalue weighted by Gasteiger charge is -2.45. The molecule has 0 saturated carbocycles. The molecule has 0 spiro atoms. The Balaban J connectivity index is 1.60. The standard InChI is InChI=1S/C19H34N6O/c1-14-9-15(2)11-24(10-14)19(3,4)12-20-18(26)25-8-6-7-16(25)17-22-21-13-23(17)5/h13-16H,6-12H2,1-5H3,(H,20,26). The summed E-state index contributed by atoms with van der Waals surface area (Å²) in [4.78, 5) is 17.3. The van der Waals surface area contributed by atoms with Gasteiger partial charge in [0.15, 0.2) is 5.82 Å². The lowest BCUT2D eigenvalue weighted by Crippen LogP contribution is -2.57. The first-order valence-corrected chi connectivity index (χ1v) is 9.91. The van der Waals surface area contributed by atoms with E-state index < -0.39 is 0 Å². The van der Waals surface area contributed by atoms with Gasteiger partial charge in [0, 0.05) is 38.8 Å². The smallest absolute Gasteiger partial charge is 0.318 e. The number of carbonyl (C=O) groups is 1. The highest BCUT2D eigenvalue weighted by atomic mass is 16.2. The molecule has 0 aliphatic carbocycles. The van der Waals surface area contributed by atoms with E-state index in [1.165, 1.54) is 6.42 Å². The van der Waals surface area contributed by atoms with Crippen molar-refractivity contribution in [2.24, 2.45) is 18.9 Å². The third-order valence-electron chi connectivity index (χ3n) is 5.96. The predicted octanol–water partition coefficient (Wildman–Crippen LogP) is 2.42. The normalized spacial score (nSPS) is 27.7. The highest BCUT2D eigenvalue weighted by Gasteiger charge is 2.36. The molecule has 1 N–H and O–H groups in total. The average Bonchev–Trinajstić information content (AvgIpc) is 3.20. The number of aryl methyl sites for hydroxylation is 1. The van der Waals surface area contributed by atoms with Crippen molar-refractivity contribution in [1.29, 1.82) is 0 Å². The van der Waals surface area contributed by atoms with E-state index in [0.29, 0.717) is 18.4 Å². The molecule has 1 aromatic heterocycles. The summed E-state index contributed by atoms with van der Waals surface area (Å²) in [6, 6.07) is 0.0438. The number of likely N-dealkylation sites (tertiary alicyclic amines) is 2. The Kier molecular flexibility index (Phi) is 5.55. The number of hydrogen-bond acceptors (Lipinski definition) is 4. The predicted molar refractivity (Wildman–Crippen MR) is 102 cm³/mol. The zero-order chi connectivity index (χ0) is 18.9. The number of carbonyl (C=O) groups excluding carboxylic acids is 1. The van der Waals surface area contributed by atoms with Crippen LogP contribution >= 0.6 is 0 Å². The maximum atomic E-state index is 12.9. The molecule has 3 atom stereocenters. The van der Waals surface area contributed by atoms with Gasteiger partial charge < -0.3 is 14.8 Å². The average molecular weight is 363 g/mol. The van der Waals surface area contributed by atoms with Gasteiger partial charge >= 0.3 is 6.03 Å². The number of piperidine rings is 1. The maximum absolute atomic E-state index is 12.9. The molecule has 7 heteroatoms. The van der Waals surface area contributed by atoms with E-state index in [0.717, 1.165) is 38.3 Å². The van der Waals surface area contributed by atoms with Crippen molar-refractivity contribution in [3.05, 3.63) is 12.2 Å². The van der Waals surface area contributed by atoms with Crippen molar-refractivity contribution in [1.82, 2.24) is 29.9 Å². The second kappa shape index (κ2) is 7.55. The van der Waals surface area contributed by atoms with Crippen molar-refractivity contribution in [3.8, 4) is 0 Å². The van der Waals surface area contributed by atoms with E-state index in [2.05, 4.69) is 48.1 Å². The fourth-order valence-electron chi connectivity index (χ4n) is 4.53. The summed E-state index contributed by atoms with van der Waals surface area (Å²) >= 11 is 0. The molecule has 7 nitrogen and oxygen atoms in total. The second-order valence-corrected chi connectivity index (χ2v) is 8.97. The molecule has 3 rings (SSSR count). The Bertz CT molecular complexity index is 617.